The smallest absolute Gasteiger partial charge is 0.258 e. The minimum absolute atomic E-state index is 0.223. The van der Waals surface area contributed by atoms with Crippen LogP contribution in [0.2, 0.25) is 0 Å². The van der Waals surface area contributed by atoms with Crippen molar-refractivity contribution in [2.45, 2.75) is 26.7 Å². The number of hydrogen-bond acceptors (Lipinski definition) is 2. The minimum atomic E-state index is -0.365. The van der Waals surface area contributed by atoms with Gasteiger partial charge < -0.3 is 0 Å². The summed E-state index contributed by atoms with van der Waals surface area (Å²) in [5.74, 6) is 0. The molecule has 0 N–H and O–H groups in total. The van der Waals surface area contributed by atoms with Gasteiger partial charge in [0.2, 0.25) is 0 Å². The van der Waals surface area contributed by atoms with Crippen molar-refractivity contribution in [1.82, 2.24) is 0 Å². The summed E-state index contributed by atoms with van der Waals surface area (Å²) in [6, 6.07) is 0. The number of rotatable bonds is 1. The van der Waals surface area contributed by atoms with Crippen LogP contribution in [0.4, 0.5) is 0 Å². The van der Waals surface area contributed by atoms with Crippen molar-refractivity contribution in [3.63, 3.8) is 0 Å². The Balaban J connectivity index is 0.000000461. The summed E-state index contributed by atoms with van der Waals surface area (Å²) in [5, 5.41) is 10.0. The first-order valence-corrected chi connectivity index (χ1v) is 3.82. The van der Waals surface area contributed by atoms with Crippen LogP contribution in [0.1, 0.15) is 26.7 Å². The predicted molar refractivity (Wildman–Crippen MR) is 44.8 cm³/mol. The molecule has 0 heterocycles. The van der Waals surface area contributed by atoms with Gasteiger partial charge in [0, 0.05) is 6.08 Å². The van der Waals surface area contributed by atoms with Crippen molar-refractivity contribution in [1.29, 1.82) is 0 Å². The van der Waals surface area contributed by atoms with Crippen molar-refractivity contribution in [3.05, 3.63) is 34.0 Å². The van der Waals surface area contributed by atoms with E-state index in [-0.39, 0.29) is 10.6 Å². The van der Waals surface area contributed by atoms with Crippen molar-refractivity contribution in [2.75, 3.05) is 0 Å². The van der Waals surface area contributed by atoms with Gasteiger partial charge in [0.15, 0.2) is 0 Å². The number of allylic oxidation sites excluding steroid dienone is 3. The Morgan fingerprint density at radius 2 is 2.09 bits per heavy atom. The lowest BCUT2D eigenvalue weighted by Gasteiger charge is -1.95. The molecule has 0 unspecified atom stereocenters. The van der Waals surface area contributed by atoms with Gasteiger partial charge in [0.25, 0.3) is 5.70 Å². The molecule has 0 saturated carbocycles. The standard InChI is InChI=1S/C6H7NO2.C2H6/c8-7(9)6-4-2-1-3-5-6;1-2/h2,4-5H,1,3H2;1-2H3. The maximum atomic E-state index is 10.0. The van der Waals surface area contributed by atoms with E-state index in [1.165, 1.54) is 0 Å². The molecule has 1 aliphatic carbocycles. The predicted octanol–water partition coefficient (Wildman–Crippen LogP) is 2.52. The third kappa shape index (κ3) is 3.55. The van der Waals surface area contributed by atoms with Gasteiger partial charge in [-0.2, -0.15) is 0 Å². The fourth-order valence-corrected chi connectivity index (χ4v) is 0.735. The minimum Gasteiger partial charge on any atom is -0.258 e. The third-order valence-electron chi connectivity index (χ3n) is 1.19. The van der Waals surface area contributed by atoms with Crippen LogP contribution in [0, 0.1) is 10.1 Å². The van der Waals surface area contributed by atoms with Crippen LogP contribution in [0.25, 0.3) is 0 Å². The molecule has 1 aliphatic rings. The lowest BCUT2D eigenvalue weighted by molar-refractivity contribution is -0.419. The van der Waals surface area contributed by atoms with Crippen LogP contribution in [-0.2, 0) is 0 Å². The highest BCUT2D eigenvalue weighted by Gasteiger charge is 2.06. The molecule has 0 aliphatic heterocycles. The highest BCUT2D eigenvalue weighted by atomic mass is 16.6. The maximum Gasteiger partial charge on any atom is 0.265 e. The second-order valence-electron chi connectivity index (χ2n) is 1.87. The molecule has 0 aromatic carbocycles. The van der Waals surface area contributed by atoms with E-state index in [2.05, 4.69) is 0 Å². The monoisotopic (exact) mass is 155 g/mol. The number of nitrogens with zero attached hydrogens (tertiary/aromatic N) is 1. The highest BCUT2D eigenvalue weighted by Crippen LogP contribution is 2.08. The molecule has 0 spiro atoms. The van der Waals surface area contributed by atoms with Crippen LogP contribution in [0.5, 0.6) is 0 Å². The first-order chi connectivity index (χ1) is 5.30. The van der Waals surface area contributed by atoms with E-state index in [9.17, 15) is 10.1 Å². The average molecular weight is 155 g/mol. The Morgan fingerprint density at radius 1 is 1.45 bits per heavy atom. The zero-order valence-corrected chi connectivity index (χ0v) is 6.91. The van der Waals surface area contributed by atoms with Crippen LogP contribution >= 0.6 is 0 Å². The van der Waals surface area contributed by atoms with Gasteiger partial charge in [-0.1, -0.05) is 19.9 Å². The molecule has 3 nitrogen and oxygen atoms in total. The number of nitro groups is 1. The molecule has 0 aromatic rings. The molecule has 0 atom stereocenters. The second-order valence-corrected chi connectivity index (χ2v) is 1.87. The van der Waals surface area contributed by atoms with Gasteiger partial charge in [0.05, 0.1) is 4.92 Å². The summed E-state index contributed by atoms with van der Waals surface area (Å²) in [6.07, 6.45) is 6.73. The van der Waals surface area contributed by atoms with Gasteiger partial charge in [-0.15, -0.1) is 0 Å². The molecule has 3 heteroatoms. The molecule has 0 bridgehead atoms. The Labute approximate surface area is 66.6 Å². The molecular formula is C8H13NO2. The van der Waals surface area contributed by atoms with E-state index < -0.39 is 0 Å². The molecule has 0 radical (unpaired) electrons. The zero-order valence-electron chi connectivity index (χ0n) is 6.91. The van der Waals surface area contributed by atoms with Crippen LogP contribution < -0.4 is 0 Å². The van der Waals surface area contributed by atoms with E-state index in [1.807, 2.05) is 19.9 Å². The van der Waals surface area contributed by atoms with E-state index in [0.29, 0.717) is 0 Å². The van der Waals surface area contributed by atoms with Gasteiger partial charge in [-0.05, 0) is 18.9 Å². The van der Waals surface area contributed by atoms with E-state index in [4.69, 9.17) is 0 Å². The zero-order chi connectivity index (χ0) is 8.69. The maximum absolute atomic E-state index is 10.0. The number of hydrogen-bond donors (Lipinski definition) is 0. The molecule has 62 valence electrons. The SMILES string of the molecule is CC.O=[N+]([O-])C1=CCCC=C1. The van der Waals surface area contributed by atoms with Crippen LogP contribution in [0.15, 0.2) is 23.9 Å². The van der Waals surface area contributed by atoms with Crippen LogP contribution in [0.3, 0.4) is 0 Å². The highest BCUT2D eigenvalue weighted by molar-refractivity contribution is 5.14. The topological polar surface area (TPSA) is 43.1 Å². The molecular weight excluding hydrogens is 142 g/mol. The first kappa shape index (κ1) is 9.88. The van der Waals surface area contributed by atoms with Crippen LogP contribution in [-0.4, -0.2) is 4.92 Å². The summed E-state index contributed by atoms with van der Waals surface area (Å²) in [5.41, 5.74) is 0.223. The fourth-order valence-electron chi connectivity index (χ4n) is 0.735. The van der Waals surface area contributed by atoms with Crippen molar-refractivity contribution in [2.24, 2.45) is 0 Å². The van der Waals surface area contributed by atoms with Gasteiger partial charge in [-0.3, -0.25) is 10.1 Å². The Kier molecular flexibility index (Phi) is 5.07. The van der Waals surface area contributed by atoms with Gasteiger partial charge >= 0.3 is 0 Å². The fraction of sp³-hybridized carbons (Fsp3) is 0.500. The summed E-state index contributed by atoms with van der Waals surface area (Å²) in [4.78, 5) is 9.67. The largest absolute Gasteiger partial charge is 0.265 e. The molecule has 1 rings (SSSR count). The van der Waals surface area contributed by atoms with E-state index in [0.717, 1.165) is 12.8 Å². The summed E-state index contributed by atoms with van der Waals surface area (Å²) in [6.45, 7) is 4.00. The summed E-state index contributed by atoms with van der Waals surface area (Å²) in [7, 11) is 0. The normalized spacial score (nSPS) is 14.5. The van der Waals surface area contributed by atoms with E-state index in [1.54, 1.807) is 12.2 Å². The Bertz CT molecular complexity index is 183. The molecule has 0 amide bonds. The molecule has 0 fully saturated rings. The first-order valence-electron chi connectivity index (χ1n) is 3.82. The third-order valence-corrected chi connectivity index (χ3v) is 1.19. The molecule has 11 heavy (non-hydrogen) atoms. The summed E-state index contributed by atoms with van der Waals surface area (Å²) < 4.78 is 0. The lowest BCUT2D eigenvalue weighted by atomic mass is 10.2. The Morgan fingerprint density at radius 3 is 2.36 bits per heavy atom. The Hall–Kier alpha value is -1.12. The van der Waals surface area contributed by atoms with Gasteiger partial charge in [0.1, 0.15) is 0 Å². The van der Waals surface area contributed by atoms with Gasteiger partial charge in [-0.25, -0.2) is 0 Å². The average Bonchev–Trinajstić information content (AvgIpc) is 2.10. The molecule has 0 saturated heterocycles. The van der Waals surface area contributed by atoms with E-state index >= 15 is 0 Å². The quantitative estimate of drug-likeness (QED) is 0.431. The lowest BCUT2D eigenvalue weighted by Crippen LogP contribution is -1.97. The molecule has 0 aromatic heterocycles. The second kappa shape index (κ2) is 5.65. The van der Waals surface area contributed by atoms with Crippen molar-refractivity contribution >= 4 is 0 Å². The van der Waals surface area contributed by atoms with Crippen molar-refractivity contribution < 1.29 is 4.92 Å². The summed E-state index contributed by atoms with van der Waals surface area (Å²) >= 11 is 0. The van der Waals surface area contributed by atoms with Crippen molar-refractivity contribution in [3.8, 4) is 0 Å².